The van der Waals surface area contributed by atoms with Crippen LogP contribution in [-0.4, -0.2) is 51.4 Å². The fourth-order valence-corrected chi connectivity index (χ4v) is 4.30. The van der Waals surface area contributed by atoms with Gasteiger partial charge in [0.1, 0.15) is 11.5 Å². The molecule has 0 saturated carbocycles. The van der Waals surface area contributed by atoms with Gasteiger partial charge in [-0.15, -0.1) is 0 Å². The summed E-state index contributed by atoms with van der Waals surface area (Å²) in [5.41, 5.74) is 2.46. The van der Waals surface area contributed by atoms with Crippen LogP contribution in [0.3, 0.4) is 0 Å². The van der Waals surface area contributed by atoms with Crippen LogP contribution in [0.25, 0.3) is 11.0 Å². The maximum Gasteiger partial charge on any atom is 0.268 e. The molecule has 4 rings (SSSR count). The quantitative estimate of drug-likeness (QED) is 0.197. The van der Waals surface area contributed by atoms with Gasteiger partial charge in [-0.25, -0.2) is 18.5 Å². The first-order chi connectivity index (χ1) is 18.8. The Kier molecular flexibility index (Phi) is 8.92. The molecule has 11 nitrogen and oxygen atoms in total. The lowest BCUT2D eigenvalue weighted by Gasteiger charge is -2.23. The molecule has 0 radical (unpaired) electrons. The summed E-state index contributed by atoms with van der Waals surface area (Å²) < 4.78 is 35.1. The van der Waals surface area contributed by atoms with Crippen LogP contribution in [0, 0.1) is 0 Å². The van der Waals surface area contributed by atoms with Crippen LogP contribution in [0.1, 0.15) is 13.8 Å². The van der Waals surface area contributed by atoms with E-state index in [4.69, 9.17) is 14.5 Å². The number of ether oxygens (including phenoxy) is 2. The van der Waals surface area contributed by atoms with Crippen molar-refractivity contribution in [3.63, 3.8) is 0 Å². The van der Waals surface area contributed by atoms with E-state index < -0.39 is 11.3 Å². The molecule has 1 unspecified atom stereocenters. The number of amides is 1. The first-order valence-corrected chi connectivity index (χ1v) is 13.1. The number of carbonyl (C=O) groups excluding carboxylic acids is 1. The summed E-state index contributed by atoms with van der Waals surface area (Å²) >= 11 is -2.54. The highest BCUT2D eigenvalue weighted by Gasteiger charge is 2.23. The number of nitrogens with zero attached hydrogens (tertiary/aromatic N) is 3. The largest absolute Gasteiger partial charge is 0.497 e. The molecule has 1 amide bonds. The summed E-state index contributed by atoms with van der Waals surface area (Å²) in [5.74, 6) is 1.18. The highest BCUT2D eigenvalue weighted by molar-refractivity contribution is 7.81. The monoisotopic (exact) mass is 550 g/mol. The number of aromatic nitrogens is 2. The Bertz CT molecular complexity index is 1480. The Balaban J connectivity index is 1.77. The molecular weight excluding hydrogens is 520 g/mol. The van der Waals surface area contributed by atoms with Crippen LogP contribution in [0.15, 0.2) is 66.7 Å². The van der Waals surface area contributed by atoms with Gasteiger partial charge < -0.3 is 25.4 Å². The standard InChI is InChI=1S/C27H30N6O5S/c1-17(2)28-16-25(34)29-18-8-7-9-20(12-18)33(39(35)36)27-26(31-23-10-5-6-11-24(23)32-27)30-19-13-21(37-3)15-22(14-19)38-4/h5-15,17,28H,16H2,1-4H3,(H,29,34)(H,30,31)(H,35,36). The van der Waals surface area contributed by atoms with Crippen molar-refractivity contribution in [3.05, 3.63) is 66.7 Å². The van der Waals surface area contributed by atoms with Crippen LogP contribution in [0.5, 0.6) is 11.5 Å². The predicted octanol–water partition coefficient (Wildman–Crippen LogP) is 4.60. The average Bonchev–Trinajstić information content (AvgIpc) is 2.92. The summed E-state index contributed by atoms with van der Waals surface area (Å²) in [4.78, 5) is 21.7. The minimum atomic E-state index is -2.54. The molecule has 4 N–H and O–H groups in total. The zero-order chi connectivity index (χ0) is 27.9. The second-order valence-electron chi connectivity index (χ2n) is 8.77. The molecule has 204 valence electrons. The second kappa shape index (κ2) is 12.5. The fraction of sp³-hybridized carbons (Fsp3) is 0.222. The van der Waals surface area contributed by atoms with E-state index in [0.29, 0.717) is 39.6 Å². The summed E-state index contributed by atoms with van der Waals surface area (Å²) in [6, 6.07) is 19.2. The SMILES string of the molecule is COc1cc(Nc2nc3ccccc3nc2N(c2cccc(NC(=O)CNC(C)C)c2)S(=O)O)cc(OC)c1. The van der Waals surface area contributed by atoms with E-state index >= 15 is 0 Å². The average molecular weight is 551 g/mol. The fourth-order valence-electron chi connectivity index (χ4n) is 3.73. The van der Waals surface area contributed by atoms with Crippen molar-refractivity contribution in [2.75, 3.05) is 35.7 Å². The Morgan fingerprint density at radius 1 is 0.949 bits per heavy atom. The van der Waals surface area contributed by atoms with Crippen LogP contribution in [0.2, 0.25) is 0 Å². The Morgan fingerprint density at radius 2 is 1.62 bits per heavy atom. The number of carbonyl (C=O) groups is 1. The summed E-state index contributed by atoms with van der Waals surface area (Å²) in [6.45, 7) is 4.02. The molecule has 0 spiro atoms. The summed E-state index contributed by atoms with van der Waals surface area (Å²) in [5, 5.41) is 9.05. The molecule has 4 aromatic rings. The molecule has 3 aromatic carbocycles. The zero-order valence-corrected chi connectivity index (χ0v) is 22.8. The number of methoxy groups -OCH3 is 2. The molecule has 0 fully saturated rings. The van der Waals surface area contributed by atoms with E-state index in [0.717, 1.165) is 4.31 Å². The van der Waals surface area contributed by atoms with Crippen molar-refractivity contribution in [2.45, 2.75) is 19.9 Å². The number of rotatable bonds is 11. The number of fused-ring (bicyclic) bond motifs is 1. The Morgan fingerprint density at radius 3 is 2.23 bits per heavy atom. The highest BCUT2D eigenvalue weighted by Crippen LogP contribution is 2.36. The van der Waals surface area contributed by atoms with Crippen molar-refractivity contribution >= 4 is 56.9 Å². The van der Waals surface area contributed by atoms with Crippen molar-refractivity contribution in [1.82, 2.24) is 15.3 Å². The van der Waals surface area contributed by atoms with E-state index in [1.54, 1.807) is 68.8 Å². The third-order valence-corrected chi connectivity index (χ3v) is 6.25. The van der Waals surface area contributed by atoms with Gasteiger partial charge in [-0.2, -0.15) is 0 Å². The van der Waals surface area contributed by atoms with Gasteiger partial charge >= 0.3 is 0 Å². The van der Waals surface area contributed by atoms with Crippen molar-refractivity contribution in [1.29, 1.82) is 0 Å². The van der Waals surface area contributed by atoms with Crippen molar-refractivity contribution < 1.29 is 23.0 Å². The van der Waals surface area contributed by atoms with Gasteiger partial charge in [-0.1, -0.05) is 32.0 Å². The number of hydrogen-bond donors (Lipinski definition) is 4. The van der Waals surface area contributed by atoms with E-state index in [1.807, 2.05) is 26.0 Å². The van der Waals surface area contributed by atoms with Crippen LogP contribution < -0.4 is 29.7 Å². The first kappa shape index (κ1) is 27.8. The van der Waals surface area contributed by atoms with Crippen LogP contribution in [0.4, 0.5) is 28.7 Å². The molecule has 1 aromatic heterocycles. The highest BCUT2D eigenvalue weighted by atomic mass is 32.2. The Labute approximate surface area is 229 Å². The molecule has 39 heavy (non-hydrogen) atoms. The number of anilines is 5. The Hall–Kier alpha value is -4.26. The third kappa shape index (κ3) is 6.99. The molecule has 1 heterocycles. The van der Waals surface area contributed by atoms with Gasteiger partial charge in [0.05, 0.1) is 37.5 Å². The van der Waals surface area contributed by atoms with Crippen LogP contribution in [-0.2, 0) is 16.1 Å². The van der Waals surface area contributed by atoms with E-state index in [9.17, 15) is 13.6 Å². The lowest BCUT2D eigenvalue weighted by Crippen LogP contribution is -2.32. The number of hydrogen-bond acceptors (Lipinski definition) is 8. The molecule has 1 atom stereocenters. The third-order valence-electron chi connectivity index (χ3n) is 5.55. The molecule has 0 saturated heterocycles. The smallest absolute Gasteiger partial charge is 0.268 e. The molecular formula is C27H30N6O5S. The normalized spacial score (nSPS) is 11.7. The van der Waals surface area contributed by atoms with Gasteiger partial charge in [-0.3, -0.25) is 9.35 Å². The molecule has 12 heteroatoms. The lowest BCUT2D eigenvalue weighted by atomic mass is 10.2. The summed E-state index contributed by atoms with van der Waals surface area (Å²) in [6.07, 6.45) is 0. The lowest BCUT2D eigenvalue weighted by molar-refractivity contribution is -0.115. The first-order valence-electron chi connectivity index (χ1n) is 12.1. The maximum atomic E-state index is 12.8. The topological polar surface area (TPSA) is 138 Å². The van der Waals surface area contributed by atoms with E-state index in [-0.39, 0.29) is 30.1 Å². The predicted molar refractivity (Wildman–Crippen MR) is 153 cm³/mol. The van der Waals surface area contributed by atoms with Crippen molar-refractivity contribution in [3.8, 4) is 11.5 Å². The van der Waals surface area contributed by atoms with Gasteiger partial charge in [0, 0.05) is 35.6 Å². The molecule has 0 bridgehead atoms. The minimum absolute atomic E-state index is 0.0984. The maximum absolute atomic E-state index is 12.8. The van der Waals surface area contributed by atoms with Gasteiger partial charge in [0.25, 0.3) is 11.3 Å². The second-order valence-corrected chi connectivity index (χ2v) is 9.60. The van der Waals surface area contributed by atoms with E-state index in [2.05, 4.69) is 20.9 Å². The van der Waals surface area contributed by atoms with E-state index in [1.165, 1.54) is 0 Å². The van der Waals surface area contributed by atoms with Gasteiger partial charge in [0.2, 0.25) is 5.91 Å². The summed E-state index contributed by atoms with van der Waals surface area (Å²) in [7, 11) is 3.09. The van der Waals surface area contributed by atoms with Gasteiger partial charge in [0.15, 0.2) is 11.6 Å². The van der Waals surface area contributed by atoms with Crippen molar-refractivity contribution in [2.24, 2.45) is 0 Å². The number of benzene rings is 3. The molecule has 0 aliphatic carbocycles. The zero-order valence-electron chi connectivity index (χ0n) is 22.0. The molecule has 0 aliphatic rings. The molecule has 0 aliphatic heterocycles. The number of para-hydroxylation sites is 2. The minimum Gasteiger partial charge on any atom is -0.497 e. The number of nitrogens with one attached hydrogen (secondary N) is 3. The van der Waals surface area contributed by atoms with Crippen LogP contribution >= 0.6 is 0 Å². The van der Waals surface area contributed by atoms with Gasteiger partial charge in [-0.05, 0) is 30.3 Å².